The molecular formula is C15H15N5O4S2. The van der Waals surface area contributed by atoms with Crippen molar-refractivity contribution in [2.75, 3.05) is 10.5 Å². The monoisotopic (exact) mass is 393 g/mol. The summed E-state index contributed by atoms with van der Waals surface area (Å²) in [7, 11) is -7.35. The van der Waals surface area contributed by atoms with Gasteiger partial charge in [-0.2, -0.15) is 4.98 Å². The van der Waals surface area contributed by atoms with Crippen molar-refractivity contribution in [3.05, 3.63) is 55.0 Å². The van der Waals surface area contributed by atoms with Crippen molar-refractivity contribution in [1.82, 2.24) is 19.7 Å². The largest absolute Gasteiger partial charge is 0.264 e. The van der Waals surface area contributed by atoms with Crippen molar-refractivity contribution >= 4 is 25.8 Å². The van der Waals surface area contributed by atoms with Gasteiger partial charge in [0, 0.05) is 6.20 Å². The molecule has 0 saturated heterocycles. The number of anilines is 1. The first-order valence-corrected chi connectivity index (χ1v) is 10.6. The second-order valence-corrected chi connectivity index (χ2v) is 9.14. The van der Waals surface area contributed by atoms with E-state index < -0.39 is 19.9 Å². The molecule has 0 aliphatic carbocycles. The van der Waals surface area contributed by atoms with Gasteiger partial charge in [0.25, 0.3) is 16.0 Å². The molecule has 0 amide bonds. The van der Waals surface area contributed by atoms with Gasteiger partial charge >= 0.3 is 0 Å². The van der Waals surface area contributed by atoms with Crippen LogP contribution in [0.4, 0.5) is 5.95 Å². The van der Waals surface area contributed by atoms with E-state index in [2.05, 4.69) is 19.8 Å². The molecule has 0 unspecified atom stereocenters. The van der Waals surface area contributed by atoms with Crippen LogP contribution in [0.2, 0.25) is 0 Å². The van der Waals surface area contributed by atoms with Crippen molar-refractivity contribution in [1.29, 1.82) is 0 Å². The van der Waals surface area contributed by atoms with Gasteiger partial charge in [-0.25, -0.2) is 31.2 Å². The minimum Gasteiger partial charge on any atom is -0.246 e. The number of rotatable bonds is 6. The molecule has 0 fully saturated rings. The molecule has 26 heavy (non-hydrogen) atoms. The molecule has 0 saturated carbocycles. The fourth-order valence-corrected chi connectivity index (χ4v) is 3.91. The molecule has 9 nitrogen and oxygen atoms in total. The molecule has 0 spiro atoms. The molecule has 0 bridgehead atoms. The van der Waals surface area contributed by atoms with E-state index in [4.69, 9.17) is 0 Å². The summed E-state index contributed by atoms with van der Waals surface area (Å²) in [4.78, 5) is 7.95. The minimum atomic E-state index is -3.95. The van der Waals surface area contributed by atoms with Crippen molar-refractivity contribution in [3.63, 3.8) is 0 Å². The van der Waals surface area contributed by atoms with Crippen LogP contribution < -0.4 is 4.72 Å². The van der Waals surface area contributed by atoms with Gasteiger partial charge in [0.05, 0.1) is 15.5 Å². The second-order valence-electron chi connectivity index (χ2n) is 5.18. The minimum absolute atomic E-state index is 0.0633. The average Bonchev–Trinajstić information content (AvgIpc) is 3.10. The molecule has 0 aliphatic rings. The molecular weight excluding hydrogens is 378 g/mol. The predicted octanol–water partition coefficient (Wildman–Crippen LogP) is 1.26. The number of hydrogen-bond acceptors (Lipinski definition) is 7. The van der Waals surface area contributed by atoms with Crippen molar-refractivity contribution in [2.24, 2.45) is 0 Å². The molecule has 2 aromatic heterocycles. The lowest BCUT2D eigenvalue weighted by atomic mass is 10.4. The Morgan fingerprint density at radius 3 is 2.27 bits per heavy atom. The number of sulfone groups is 1. The maximum atomic E-state index is 12.4. The molecule has 2 heterocycles. The Kier molecular flexibility index (Phi) is 4.74. The molecule has 1 aromatic carbocycles. The molecule has 11 heteroatoms. The van der Waals surface area contributed by atoms with E-state index in [0.717, 1.165) is 0 Å². The number of pyridine rings is 1. The van der Waals surface area contributed by atoms with Gasteiger partial charge in [0.1, 0.15) is 6.33 Å². The molecule has 0 atom stereocenters. The summed E-state index contributed by atoms with van der Waals surface area (Å²) < 4.78 is 52.0. The van der Waals surface area contributed by atoms with Crippen LogP contribution >= 0.6 is 0 Å². The molecule has 1 N–H and O–H groups in total. The van der Waals surface area contributed by atoms with Gasteiger partial charge in [-0.3, -0.25) is 0 Å². The Hall–Kier alpha value is -2.79. The van der Waals surface area contributed by atoms with Gasteiger partial charge in [0.15, 0.2) is 15.7 Å². The highest BCUT2D eigenvalue weighted by molar-refractivity contribution is 7.92. The Morgan fingerprint density at radius 1 is 0.962 bits per heavy atom. The molecule has 136 valence electrons. The van der Waals surface area contributed by atoms with Crippen LogP contribution in [0.5, 0.6) is 0 Å². The van der Waals surface area contributed by atoms with Crippen molar-refractivity contribution in [3.8, 4) is 5.82 Å². The summed E-state index contributed by atoms with van der Waals surface area (Å²) in [5.41, 5.74) is 0. The maximum Gasteiger partial charge on any atom is 0.264 e. The van der Waals surface area contributed by atoms with Crippen molar-refractivity contribution in [2.45, 2.75) is 16.7 Å². The van der Waals surface area contributed by atoms with Crippen LogP contribution in [-0.2, 0) is 19.9 Å². The average molecular weight is 393 g/mol. The first-order valence-electron chi connectivity index (χ1n) is 7.50. The Balaban J connectivity index is 1.82. The van der Waals surface area contributed by atoms with E-state index in [1.165, 1.54) is 42.2 Å². The van der Waals surface area contributed by atoms with E-state index in [0.29, 0.717) is 5.82 Å². The Labute approximate surface area is 150 Å². The predicted molar refractivity (Wildman–Crippen MR) is 94.1 cm³/mol. The zero-order valence-corrected chi connectivity index (χ0v) is 15.3. The van der Waals surface area contributed by atoms with Gasteiger partial charge in [-0.05, 0) is 36.4 Å². The van der Waals surface area contributed by atoms with E-state index in [1.54, 1.807) is 24.4 Å². The lowest BCUT2D eigenvalue weighted by Gasteiger charge is -2.06. The molecule has 0 aliphatic heterocycles. The van der Waals surface area contributed by atoms with E-state index in [9.17, 15) is 16.8 Å². The van der Waals surface area contributed by atoms with E-state index in [1.807, 2.05) is 0 Å². The van der Waals surface area contributed by atoms with Gasteiger partial charge in [0.2, 0.25) is 0 Å². The quantitative estimate of drug-likeness (QED) is 0.668. The molecule has 3 aromatic rings. The fraction of sp³-hybridized carbons (Fsp3) is 0.133. The maximum absolute atomic E-state index is 12.4. The number of hydrogen-bond donors (Lipinski definition) is 1. The van der Waals surface area contributed by atoms with Crippen LogP contribution in [0.1, 0.15) is 6.92 Å². The first-order chi connectivity index (χ1) is 12.3. The summed E-state index contributed by atoms with van der Waals surface area (Å²) in [6.45, 7) is 1.52. The fourth-order valence-electron chi connectivity index (χ4n) is 2.08. The van der Waals surface area contributed by atoms with Crippen LogP contribution in [0.15, 0.2) is 64.8 Å². The lowest BCUT2D eigenvalue weighted by Crippen LogP contribution is -2.14. The van der Waals surface area contributed by atoms with Gasteiger partial charge < -0.3 is 0 Å². The zero-order valence-electron chi connectivity index (χ0n) is 13.6. The SMILES string of the molecule is CCS(=O)(=O)c1ccc(S(=O)(=O)Nc2ncn(-c3ccccn3)n2)cc1. The summed E-state index contributed by atoms with van der Waals surface area (Å²) in [5, 5.41) is 4.02. The summed E-state index contributed by atoms with van der Waals surface area (Å²) >= 11 is 0. The number of nitrogens with one attached hydrogen (secondary N) is 1. The smallest absolute Gasteiger partial charge is 0.246 e. The number of nitrogens with zero attached hydrogens (tertiary/aromatic N) is 4. The normalized spacial score (nSPS) is 12.0. The third-order valence-electron chi connectivity index (χ3n) is 3.47. The lowest BCUT2D eigenvalue weighted by molar-refractivity contribution is 0.595. The molecule has 0 radical (unpaired) electrons. The van der Waals surface area contributed by atoms with Gasteiger partial charge in [-0.1, -0.05) is 13.0 Å². The van der Waals surface area contributed by atoms with Crippen molar-refractivity contribution < 1.29 is 16.8 Å². The highest BCUT2D eigenvalue weighted by atomic mass is 32.2. The highest BCUT2D eigenvalue weighted by Crippen LogP contribution is 2.17. The second kappa shape index (κ2) is 6.84. The Bertz CT molecular complexity index is 1110. The summed E-state index contributed by atoms with van der Waals surface area (Å²) in [6.07, 6.45) is 2.91. The number of aromatic nitrogens is 4. The van der Waals surface area contributed by atoms with Crippen LogP contribution in [0.3, 0.4) is 0 Å². The molecule has 3 rings (SSSR count). The van der Waals surface area contributed by atoms with Crippen LogP contribution in [0.25, 0.3) is 5.82 Å². The zero-order chi connectivity index (χ0) is 18.8. The topological polar surface area (TPSA) is 124 Å². The number of benzene rings is 1. The highest BCUT2D eigenvalue weighted by Gasteiger charge is 2.19. The summed E-state index contributed by atoms with van der Waals surface area (Å²) in [6, 6.07) is 10.2. The third kappa shape index (κ3) is 3.73. The third-order valence-corrected chi connectivity index (χ3v) is 6.57. The standard InChI is InChI=1S/C15H15N5O4S2/c1-2-25(21,22)12-6-8-13(9-7-12)26(23,24)19-15-17-11-20(18-15)14-5-3-4-10-16-14/h3-11H,2H2,1H3,(H,18,19). The van der Waals surface area contributed by atoms with E-state index in [-0.39, 0.29) is 21.5 Å². The number of sulfonamides is 1. The van der Waals surface area contributed by atoms with Gasteiger partial charge in [-0.15, -0.1) is 5.10 Å². The van der Waals surface area contributed by atoms with Crippen LogP contribution in [-0.4, -0.2) is 42.3 Å². The first kappa shape index (κ1) is 18.0. The van der Waals surface area contributed by atoms with Crippen LogP contribution in [0, 0.1) is 0 Å². The Morgan fingerprint density at radius 2 is 1.65 bits per heavy atom. The summed E-state index contributed by atoms with van der Waals surface area (Å²) in [5.74, 6) is 0.298. The van der Waals surface area contributed by atoms with E-state index >= 15 is 0 Å².